The van der Waals surface area contributed by atoms with E-state index in [9.17, 15) is 0 Å². The van der Waals surface area contributed by atoms with E-state index in [-0.39, 0.29) is 0 Å². The Morgan fingerprint density at radius 3 is 2.54 bits per heavy atom. The first kappa shape index (κ1) is 8.55. The highest BCUT2D eigenvalue weighted by Crippen LogP contribution is 2.28. The minimum Gasteiger partial charge on any atom is -0.0853 e. The second kappa shape index (κ2) is 4.27. The fourth-order valence-corrected chi connectivity index (χ4v) is 1.53. The predicted molar refractivity (Wildman–Crippen MR) is 56.7 cm³/mol. The molecule has 0 radical (unpaired) electrons. The molecule has 1 aliphatic rings. The normalized spacial score (nSPS) is 14.3. The van der Waals surface area contributed by atoms with Gasteiger partial charge in [0, 0.05) is 0 Å². The lowest BCUT2D eigenvalue weighted by molar-refractivity contribution is 0.841. The van der Waals surface area contributed by atoms with Gasteiger partial charge in [-0.3, -0.25) is 0 Å². The molecular formula is C13H16. The van der Waals surface area contributed by atoms with Crippen LogP contribution in [0.25, 0.3) is 0 Å². The summed E-state index contributed by atoms with van der Waals surface area (Å²) in [4.78, 5) is 0. The molecule has 0 bridgehead atoms. The van der Waals surface area contributed by atoms with Crippen molar-refractivity contribution in [2.45, 2.75) is 32.1 Å². The standard InChI is InChI=1S/C13H16/c1-2-6-12(7-3-1)8-4-5-9-13-10-11-13/h1-3,6-7,9H,4-5,8,10-11H2. The van der Waals surface area contributed by atoms with Crippen LogP contribution in [0.5, 0.6) is 0 Å². The highest BCUT2D eigenvalue weighted by Gasteiger charge is 2.08. The van der Waals surface area contributed by atoms with Crippen molar-refractivity contribution in [1.29, 1.82) is 0 Å². The number of allylic oxidation sites excluding steroid dienone is 2. The van der Waals surface area contributed by atoms with Gasteiger partial charge in [0.15, 0.2) is 0 Å². The molecule has 0 nitrogen and oxygen atoms in total. The van der Waals surface area contributed by atoms with Gasteiger partial charge >= 0.3 is 0 Å². The van der Waals surface area contributed by atoms with Gasteiger partial charge in [0.05, 0.1) is 0 Å². The number of unbranched alkanes of at least 4 members (excludes halogenated alkanes) is 1. The Kier molecular flexibility index (Phi) is 2.81. The van der Waals surface area contributed by atoms with Gasteiger partial charge in [0.1, 0.15) is 0 Å². The fraction of sp³-hybridized carbons (Fsp3) is 0.385. The lowest BCUT2D eigenvalue weighted by Gasteiger charge is -1.97. The molecule has 0 N–H and O–H groups in total. The average molecular weight is 172 g/mol. The summed E-state index contributed by atoms with van der Waals surface area (Å²) in [6.45, 7) is 0. The van der Waals surface area contributed by atoms with Gasteiger partial charge in [0.25, 0.3) is 0 Å². The number of hydrogen-bond acceptors (Lipinski definition) is 0. The van der Waals surface area contributed by atoms with Crippen LogP contribution in [-0.2, 0) is 6.42 Å². The van der Waals surface area contributed by atoms with Crippen LogP contribution in [0.1, 0.15) is 31.2 Å². The molecule has 68 valence electrons. The largest absolute Gasteiger partial charge is 0.0853 e. The van der Waals surface area contributed by atoms with Crippen molar-refractivity contribution in [2.24, 2.45) is 0 Å². The summed E-state index contributed by atoms with van der Waals surface area (Å²) in [7, 11) is 0. The molecule has 0 aromatic heterocycles. The quantitative estimate of drug-likeness (QED) is 0.479. The molecule has 0 heterocycles. The minimum absolute atomic E-state index is 1.23. The Bertz CT molecular complexity index is 276. The van der Waals surface area contributed by atoms with Crippen molar-refractivity contribution in [1.82, 2.24) is 0 Å². The van der Waals surface area contributed by atoms with Gasteiger partial charge < -0.3 is 0 Å². The number of hydrogen-bond donors (Lipinski definition) is 0. The summed E-state index contributed by atoms with van der Waals surface area (Å²) in [5, 5.41) is 0. The van der Waals surface area contributed by atoms with Crippen molar-refractivity contribution in [3.05, 3.63) is 47.5 Å². The van der Waals surface area contributed by atoms with E-state index in [0.717, 1.165) is 0 Å². The first-order chi connectivity index (χ1) is 6.45. The second-order valence-corrected chi connectivity index (χ2v) is 3.74. The van der Waals surface area contributed by atoms with E-state index in [1.165, 1.54) is 37.7 Å². The number of benzene rings is 1. The number of aryl methyl sites for hydroxylation is 1. The Morgan fingerprint density at radius 1 is 1.08 bits per heavy atom. The topological polar surface area (TPSA) is 0 Å². The van der Waals surface area contributed by atoms with Crippen molar-refractivity contribution in [2.75, 3.05) is 0 Å². The summed E-state index contributed by atoms with van der Waals surface area (Å²) >= 11 is 0. The first-order valence-electron chi connectivity index (χ1n) is 5.17. The van der Waals surface area contributed by atoms with Crippen LogP contribution in [0, 0.1) is 0 Å². The van der Waals surface area contributed by atoms with E-state index in [1.54, 1.807) is 5.57 Å². The molecule has 1 fully saturated rings. The third-order valence-electron chi connectivity index (χ3n) is 2.48. The van der Waals surface area contributed by atoms with E-state index >= 15 is 0 Å². The highest BCUT2D eigenvalue weighted by molar-refractivity contribution is 5.17. The molecule has 2 rings (SSSR count). The summed E-state index contributed by atoms with van der Waals surface area (Å²) in [6.07, 6.45) is 8.95. The molecule has 1 saturated carbocycles. The molecule has 0 aliphatic heterocycles. The summed E-state index contributed by atoms with van der Waals surface area (Å²) < 4.78 is 0. The van der Waals surface area contributed by atoms with Crippen molar-refractivity contribution in [3.8, 4) is 0 Å². The lowest BCUT2D eigenvalue weighted by atomic mass is 10.1. The molecule has 0 atom stereocenters. The smallest absolute Gasteiger partial charge is 0.0276 e. The van der Waals surface area contributed by atoms with Crippen LogP contribution in [0.15, 0.2) is 42.0 Å². The van der Waals surface area contributed by atoms with Crippen molar-refractivity contribution >= 4 is 0 Å². The molecule has 0 unspecified atom stereocenters. The van der Waals surface area contributed by atoms with Crippen LogP contribution in [0.2, 0.25) is 0 Å². The maximum atomic E-state index is 2.42. The summed E-state index contributed by atoms with van der Waals surface area (Å²) in [5.41, 5.74) is 3.14. The molecule has 1 aliphatic carbocycles. The minimum atomic E-state index is 1.23. The summed E-state index contributed by atoms with van der Waals surface area (Å²) in [5.74, 6) is 0. The monoisotopic (exact) mass is 172 g/mol. The van der Waals surface area contributed by atoms with Crippen LogP contribution in [-0.4, -0.2) is 0 Å². The molecule has 0 amide bonds. The van der Waals surface area contributed by atoms with E-state index in [1.807, 2.05) is 0 Å². The zero-order chi connectivity index (χ0) is 8.93. The third-order valence-corrected chi connectivity index (χ3v) is 2.48. The van der Waals surface area contributed by atoms with Gasteiger partial charge in [-0.25, -0.2) is 0 Å². The molecule has 0 heteroatoms. The summed E-state index contributed by atoms with van der Waals surface area (Å²) in [6, 6.07) is 10.7. The molecule has 1 aromatic rings. The highest BCUT2D eigenvalue weighted by atomic mass is 14.1. The van der Waals surface area contributed by atoms with Gasteiger partial charge in [-0.15, -0.1) is 0 Å². The van der Waals surface area contributed by atoms with Gasteiger partial charge in [-0.1, -0.05) is 42.0 Å². The maximum Gasteiger partial charge on any atom is -0.0276 e. The Balaban J connectivity index is 1.70. The van der Waals surface area contributed by atoms with Gasteiger partial charge in [-0.2, -0.15) is 0 Å². The predicted octanol–water partition coefficient (Wildman–Crippen LogP) is 3.73. The molecular weight excluding hydrogens is 156 g/mol. The van der Waals surface area contributed by atoms with Gasteiger partial charge in [0.2, 0.25) is 0 Å². The van der Waals surface area contributed by atoms with Crippen LogP contribution in [0.4, 0.5) is 0 Å². The maximum absolute atomic E-state index is 2.42. The van der Waals surface area contributed by atoms with Crippen LogP contribution < -0.4 is 0 Å². The SMILES string of the molecule is C(CCCc1ccccc1)=C1CC1. The van der Waals surface area contributed by atoms with Crippen molar-refractivity contribution < 1.29 is 0 Å². The van der Waals surface area contributed by atoms with E-state index in [2.05, 4.69) is 36.4 Å². The molecule has 0 saturated heterocycles. The van der Waals surface area contributed by atoms with Crippen molar-refractivity contribution in [3.63, 3.8) is 0 Å². The van der Waals surface area contributed by atoms with Crippen LogP contribution >= 0.6 is 0 Å². The lowest BCUT2D eigenvalue weighted by Crippen LogP contribution is -1.82. The van der Waals surface area contributed by atoms with E-state index in [0.29, 0.717) is 0 Å². The molecule has 13 heavy (non-hydrogen) atoms. The zero-order valence-corrected chi connectivity index (χ0v) is 8.00. The third kappa shape index (κ3) is 3.06. The van der Waals surface area contributed by atoms with Crippen LogP contribution in [0.3, 0.4) is 0 Å². The Labute approximate surface area is 80.3 Å². The number of rotatable bonds is 4. The Hall–Kier alpha value is -1.04. The average Bonchev–Trinajstić information content (AvgIpc) is 2.98. The first-order valence-corrected chi connectivity index (χ1v) is 5.17. The zero-order valence-electron chi connectivity index (χ0n) is 8.00. The van der Waals surface area contributed by atoms with E-state index < -0.39 is 0 Å². The Morgan fingerprint density at radius 2 is 1.85 bits per heavy atom. The molecule has 0 spiro atoms. The molecule has 1 aromatic carbocycles. The second-order valence-electron chi connectivity index (χ2n) is 3.74. The van der Waals surface area contributed by atoms with Gasteiger partial charge in [-0.05, 0) is 37.7 Å². The van der Waals surface area contributed by atoms with E-state index in [4.69, 9.17) is 0 Å². The fourth-order valence-electron chi connectivity index (χ4n) is 1.53.